The van der Waals surface area contributed by atoms with Gasteiger partial charge in [0.25, 0.3) is 5.56 Å². The lowest BCUT2D eigenvalue weighted by Gasteiger charge is -2.22. The zero-order valence-corrected chi connectivity index (χ0v) is 11.7. The minimum absolute atomic E-state index is 0.195. The lowest BCUT2D eigenvalue weighted by Crippen LogP contribution is -2.35. The number of rotatable bonds is 3. The Kier molecular flexibility index (Phi) is 3.68. The molecule has 1 aromatic heterocycles. The highest BCUT2D eigenvalue weighted by Crippen LogP contribution is 2.35. The summed E-state index contributed by atoms with van der Waals surface area (Å²) in [7, 11) is 1.55. The summed E-state index contributed by atoms with van der Waals surface area (Å²) in [5.41, 5.74) is 5.25. The Hall–Kier alpha value is -1.72. The molecule has 0 aliphatic heterocycles. The van der Waals surface area contributed by atoms with Gasteiger partial charge in [-0.15, -0.1) is 0 Å². The Bertz CT molecular complexity index is 575. The number of aromatic amines is 1. The van der Waals surface area contributed by atoms with Gasteiger partial charge in [0.2, 0.25) is 0 Å². The first kappa shape index (κ1) is 13.7. The maximum atomic E-state index is 11.8. The number of nitrogen functional groups attached to an aromatic ring is 1. The normalized spacial score (nSPS) is 26.6. The smallest absolute Gasteiger partial charge is 0.329 e. The van der Waals surface area contributed by atoms with E-state index < -0.39 is 11.2 Å². The summed E-state index contributed by atoms with van der Waals surface area (Å²) in [6.45, 7) is 4.39. The van der Waals surface area contributed by atoms with Crippen molar-refractivity contribution in [3.05, 3.63) is 20.8 Å². The van der Waals surface area contributed by atoms with Crippen molar-refractivity contribution in [2.75, 3.05) is 11.1 Å². The van der Waals surface area contributed by atoms with Gasteiger partial charge >= 0.3 is 5.69 Å². The molecule has 0 spiro atoms. The molecule has 3 atom stereocenters. The number of H-pyrrole nitrogens is 1. The number of aromatic nitrogens is 2. The van der Waals surface area contributed by atoms with Crippen molar-refractivity contribution in [2.24, 2.45) is 18.9 Å². The van der Waals surface area contributed by atoms with Gasteiger partial charge in [-0.3, -0.25) is 14.3 Å². The highest BCUT2D eigenvalue weighted by molar-refractivity contribution is 5.60. The molecular weight excluding hydrogens is 244 g/mol. The van der Waals surface area contributed by atoms with E-state index in [9.17, 15) is 9.59 Å². The third-order valence-corrected chi connectivity index (χ3v) is 4.45. The third kappa shape index (κ3) is 2.39. The number of nitrogens with one attached hydrogen (secondary N) is 2. The van der Waals surface area contributed by atoms with Crippen LogP contribution < -0.4 is 22.3 Å². The van der Waals surface area contributed by atoms with E-state index in [4.69, 9.17) is 5.73 Å². The lowest BCUT2D eigenvalue weighted by molar-refractivity contribution is 0.392. The van der Waals surface area contributed by atoms with Crippen molar-refractivity contribution < 1.29 is 0 Å². The zero-order valence-electron chi connectivity index (χ0n) is 11.7. The molecule has 1 aromatic rings. The third-order valence-electron chi connectivity index (χ3n) is 4.45. The molecule has 0 amide bonds. The van der Waals surface area contributed by atoms with Crippen LogP contribution in [0.1, 0.15) is 33.1 Å². The molecule has 1 saturated carbocycles. The molecule has 0 aromatic carbocycles. The molecule has 0 bridgehead atoms. The van der Waals surface area contributed by atoms with E-state index in [-0.39, 0.29) is 11.9 Å². The Balaban J connectivity index is 2.28. The fourth-order valence-electron chi connectivity index (χ4n) is 2.99. The summed E-state index contributed by atoms with van der Waals surface area (Å²) < 4.78 is 1.25. The van der Waals surface area contributed by atoms with Gasteiger partial charge in [-0.25, -0.2) is 4.79 Å². The molecule has 0 radical (unpaired) electrons. The zero-order chi connectivity index (χ0) is 14.2. The van der Waals surface area contributed by atoms with Crippen molar-refractivity contribution in [1.29, 1.82) is 0 Å². The molecule has 1 aliphatic carbocycles. The van der Waals surface area contributed by atoms with E-state index in [1.807, 2.05) is 0 Å². The van der Waals surface area contributed by atoms with Crippen LogP contribution in [0.4, 0.5) is 11.5 Å². The SMILES string of the molecule is CCC1CCC(Nc2c(N)n(C)c(=O)[nH]c2=O)C1C. The highest BCUT2D eigenvalue weighted by Gasteiger charge is 2.32. The van der Waals surface area contributed by atoms with Gasteiger partial charge in [-0.2, -0.15) is 0 Å². The summed E-state index contributed by atoms with van der Waals surface area (Å²) >= 11 is 0. The number of anilines is 2. The molecule has 3 unspecified atom stereocenters. The number of hydrogen-bond acceptors (Lipinski definition) is 4. The average Bonchev–Trinajstić information content (AvgIpc) is 2.73. The first-order valence-corrected chi connectivity index (χ1v) is 6.81. The Morgan fingerprint density at radius 3 is 2.68 bits per heavy atom. The van der Waals surface area contributed by atoms with E-state index in [1.54, 1.807) is 7.05 Å². The average molecular weight is 266 g/mol. The fourth-order valence-corrected chi connectivity index (χ4v) is 2.99. The summed E-state index contributed by atoms with van der Waals surface area (Å²) in [6.07, 6.45) is 3.35. The van der Waals surface area contributed by atoms with Gasteiger partial charge in [-0.1, -0.05) is 20.3 Å². The van der Waals surface area contributed by atoms with Crippen molar-refractivity contribution >= 4 is 11.5 Å². The van der Waals surface area contributed by atoms with Crippen LogP contribution in [0.2, 0.25) is 0 Å². The first-order chi connectivity index (χ1) is 8.95. The van der Waals surface area contributed by atoms with Crippen LogP contribution in [0.15, 0.2) is 9.59 Å². The molecule has 0 saturated heterocycles. The second-order valence-electron chi connectivity index (χ2n) is 5.43. The Morgan fingerprint density at radius 2 is 2.11 bits per heavy atom. The molecule has 6 heteroatoms. The number of nitrogens with zero attached hydrogens (tertiary/aromatic N) is 1. The van der Waals surface area contributed by atoms with Gasteiger partial charge in [0.1, 0.15) is 11.5 Å². The molecule has 2 rings (SSSR count). The minimum atomic E-state index is -0.487. The van der Waals surface area contributed by atoms with Gasteiger partial charge in [0, 0.05) is 13.1 Å². The van der Waals surface area contributed by atoms with Gasteiger partial charge < -0.3 is 11.1 Å². The standard InChI is InChI=1S/C13H22N4O2/c1-4-8-5-6-9(7(8)2)15-10-11(14)17(3)13(19)16-12(10)18/h7-9,15H,4-6,14H2,1-3H3,(H,16,18,19). The molecular formula is C13H22N4O2. The van der Waals surface area contributed by atoms with E-state index >= 15 is 0 Å². The monoisotopic (exact) mass is 266 g/mol. The van der Waals surface area contributed by atoms with Crippen LogP contribution in [-0.4, -0.2) is 15.6 Å². The van der Waals surface area contributed by atoms with E-state index in [0.29, 0.717) is 17.5 Å². The molecule has 1 fully saturated rings. The van der Waals surface area contributed by atoms with E-state index in [0.717, 1.165) is 12.8 Å². The highest BCUT2D eigenvalue weighted by atomic mass is 16.2. The molecule has 1 aliphatic rings. The predicted molar refractivity (Wildman–Crippen MR) is 76.3 cm³/mol. The van der Waals surface area contributed by atoms with E-state index in [1.165, 1.54) is 11.0 Å². The quantitative estimate of drug-likeness (QED) is 0.757. The van der Waals surface area contributed by atoms with Crippen LogP contribution in [0.25, 0.3) is 0 Å². The molecule has 1 heterocycles. The number of nitrogens with two attached hydrogens (primary N) is 1. The summed E-state index contributed by atoms with van der Waals surface area (Å²) in [5.74, 6) is 1.38. The van der Waals surface area contributed by atoms with Gasteiger partial charge in [0.15, 0.2) is 0 Å². The van der Waals surface area contributed by atoms with Crippen LogP contribution >= 0.6 is 0 Å². The first-order valence-electron chi connectivity index (χ1n) is 6.81. The minimum Gasteiger partial charge on any atom is -0.383 e. The second kappa shape index (κ2) is 5.11. The summed E-state index contributed by atoms with van der Waals surface area (Å²) in [6, 6.07) is 0.242. The van der Waals surface area contributed by atoms with Crippen LogP contribution in [-0.2, 0) is 7.05 Å². The predicted octanol–water partition coefficient (Wildman–Crippen LogP) is 0.892. The molecule has 6 nitrogen and oxygen atoms in total. The Labute approximate surface area is 112 Å². The molecule has 19 heavy (non-hydrogen) atoms. The van der Waals surface area contributed by atoms with Crippen LogP contribution in [0.5, 0.6) is 0 Å². The maximum absolute atomic E-state index is 11.8. The maximum Gasteiger partial charge on any atom is 0.329 e. The topological polar surface area (TPSA) is 92.9 Å². The van der Waals surface area contributed by atoms with Crippen molar-refractivity contribution in [1.82, 2.24) is 9.55 Å². The van der Waals surface area contributed by atoms with E-state index in [2.05, 4.69) is 24.1 Å². The second-order valence-corrected chi connectivity index (χ2v) is 5.43. The van der Waals surface area contributed by atoms with Crippen LogP contribution in [0, 0.1) is 11.8 Å². The van der Waals surface area contributed by atoms with Gasteiger partial charge in [0.05, 0.1) is 0 Å². The summed E-state index contributed by atoms with van der Waals surface area (Å²) in [5, 5.41) is 3.23. The summed E-state index contributed by atoms with van der Waals surface area (Å²) in [4.78, 5) is 25.5. The molecule has 4 N–H and O–H groups in total. The fraction of sp³-hybridized carbons (Fsp3) is 0.692. The molecule has 106 valence electrons. The Morgan fingerprint density at radius 1 is 1.42 bits per heavy atom. The van der Waals surface area contributed by atoms with Crippen LogP contribution in [0.3, 0.4) is 0 Å². The number of hydrogen-bond donors (Lipinski definition) is 3. The lowest BCUT2D eigenvalue weighted by atomic mass is 9.93. The van der Waals surface area contributed by atoms with Crippen molar-refractivity contribution in [3.63, 3.8) is 0 Å². The van der Waals surface area contributed by atoms with Gasteiger partial charge in [-0.05, 0) is 24.7 Å². The van der Waals surface area contributed by atoms with Crippen molar-refractivity contribution in [3.8, 4) is 0 Å². The van der Waals surface area contributed by atoms with Crippen molar-refractivity contribution in [2.45, 2.75) is 39.2 Å². The largest absolute Gasteiger partial charge is 0.383 e.